The van der Waals surface area contributed by atoms with E-state index in [0.29, 0.717) is 28.7 Å². The molecule has 0 saturated carbocycles. The Bertz CT molecular complexity index is 586. The number of imidazole rings is 1. The van der Waals surface area contributed by atoms with Crippen LogP contribution in [-0.2, 0) is 13.6 Å². The number of nitrogens with zero attached hydrogens (tertiary/aromatic N) is 3. The Balaban J connectivity index is 2.00. The van der Waals surface area contributed by atoms with Crippen LogP contribution in [0.1, 0.15) is 17.5 Å². The molecule has 1 aromatic heterocycles. The van der Waals surface area contributed by atoms with Gasteiger partial charge in [-0.25, -0.2) is 4.98 Å². The summed E-state index contributed by atoms with van der Waals surface area (Å²) < 4.78 is 1.96. The second kappa shape index (κ2) is 6.59. The summed E-state index contributed by atoms with van der Waals surface area (Å²) in [6.07, 6.45) is 3.00. The van der Waals surface area contributed by atoms with Crippen LogP contribution in [0.4, 0.5) is 0 Å². The normalized spacial score (nSPS) is 12.9. The van der Waals surface area contributed by atoms with Crippen molar-refractivity contribution in [2.75, 3.05) is 13.6 Å². The highest BCUT2D eigenvalue weighted by Crippen LogP contribution is 2.26. The number of halogens is 2. The molecule has 2 aromatic rings. The molecule has 0 bridgehead atoms. The van der Waals surface area contributed by atoms with Crippen LogP contribution in [0.3, 0.4) is 0 Å². The number of rotatable bonds is 5. The summed E-state index contributed by atoms with van der Waals surface area (Å²) in [7, 11) is 3.88. The van der Waals surface area contributed by atoms with Crippen LogP contribution in [0, 0.1) is 0 Å². The highest BCUT2D eigenvalue weighted by atomic mass is 35.5. The number of likely N-dealkylation sites (N-methyl/N-ethyl adjacent to an activating group) is 1. The predicted octanol–water partition coefficient (Wildman–Crippen LogP) is 2.89. The zero-order valence-electron chi connectivity index (χ0n) is 11.4. The Kier molecular flexibility index (Phi) is 5.05. The molecule has 1 N–H and O–H groups in total. The molecule has 0 fully saturated rings. The molecule has 6 heteroatoms. The van der Waals surface area contributed by atoms with Crippen LogP contribution in [-0.4, -0.2) is 33.1 Å². The molecule has 0 aliphatic rings. The van der Waals surface area contributed by atoms with E-state index in [2.05, 4.69) is 4.98 Å². The fraction of sp³-hybridized carbons (Fsp3) is 0.357. The van der Waals surface area contributed by atoms with E-state index < -0.39 is 6.10 Å². The standard InChI is InChI=1S/C14H17Cl2N3O/c1-18(9-14-17-5-6-19(14)2)8-13(20)11-4-3-10(15)7-12(11)16/h3-7,13,20H,8-9H2,1-2H3. The maximum Gasteiger partial charge on any atom is 0.122 e. The molecular formula is C14H17Cl2N3O. The fourth-order valence-corrected chi connectivity index (χ4v) is 2.55. The van der Waals surface area contributed by atoms with E-state index in [4.69, 9.17) is 23.2 Å². The Morgan fingerprint density at radius 1 is 1.40 bits per heavy atom. The smallest absolute Gasteiger partial charge is 0.122 e. The first kappa shape index (κ1) is 15.3. The van der Waals surface area contributed by atoms with Crippen molar-refractivity contribution in [3.05, 3.63) is 52.0 Å². The van der Waals surface area contributed by atoms with Crippen molar-refractivity contribution in [3.63, 3.8) is 0 Å². The first-order valence-corrected chi connectivity index (χ1v) is 7.00. The molecule has 0 aliphatic carbocycles. The van der Waals surface area contributed by atoms with Crippen molar-refractivity contribution in [1.82, 2.24) is 14.5 Å². The molecule has 1 atom stereocenters. The van der Waals surface area contributed by atoms with Crippen LogP contribution in [0.15, 0.2) is 30.6 Å². The largest absolute Gasteiger partial charge is 0.387 e. The van der Waals surface area contributed by atoms with Crippen LogP contribution in [0.5, 0.6) is 0 Å². The van der Waals surface area contributed by atoms with Crippen LogP contribution < -0.4 is 0 Å². The van der Waals surface area contributed by atoms with Gasteiger partial charge in [0, 0.05) is 41.6 Å². The average molecular weight is 314 g/mol. The summed E-state index contributed by atoms with van der Waals surface area (Å²) in [4.78, 5) is 6.26. The van der Waals surface area contributed by atoms with Crippen molar-refractivity contribution in [2.45, 2.75) is 12.6 Å². The average Bonchev–Trinajstić information content (AvgIpc) is 2.74. The third-order valence-corrected chi connectivity index (χ3v) is 3.70. The molecule has 0 radical (unpaired) electrons. The minimum Gasteiger partial charge on any atom is -0.387 e. The van der Waals surface area contributed by atoms with Gasteiger partial charge < -0.3 is 9.67 Å². The van der Waals surface area contributed by atoms with Crippen molar-refractivity contribution in [2.24, 2.45) is 7.05 Å². The van der Waals surface area contributed by atoms with Gasteiger partial charge in [0.25, 0.3) is 0 Å². The first-order valence-electron chi connectivity index (χ1n) is 6.25. The summed E-state index contributed by atoms with van der Waals surface area (Å²) in [6.45, 7) is 1.12. The Morgan fingerprint density at radius 2 is 2.15 bits per heavy atom. The van der Waals surface area contributed by atoms with Crippen molar-refractivity contribution in [3.8, 4) is 0 Å². The fourth-order valence-electron chi connectivity index (χ4n) is 2.02. The summed E-state index contributed by atoms with van der Waals surface area (Å²) in [5, 5.41) is 11.3. The van der Waals surface area contributed by atoms with Gasteiger partial charge >= 0.3 is 0 Å². The van der Waals surface area contributed by atoms with E-state index in [1.54, 1.807) is 24.4 Å². The number of aliphatic hydroxyl groups is 1. The van der Waals surface area contributed by atoms with E-state index in [1.165, 1.54) is 0 Å². The van der Waals surface area contributed by atoms with Gasteiger partial charge in [0.05, 0.1) is 12.6 Å². The second-order valence-corrected chi connectivity index (χ2v) is 5.68. The molecule has 108 valence electrons. The predicted molar refractivity (Wildman–Crippen MR) is 81.0 cm³/mol. The zero-order chi connectivity index (χ0) is 14.7. The summed E-state index contributed by atoms with van der Waals surface area (Å²) in [5.41, 5.74) is 0.683. The molecule has 0 amide bonds. The zero-order valence-corrected chi connectivity index (χ0v) is 12.9. The minimum atomic E-state index is -0.662. The van der Waals surface area contributed by atoms with Crippen molar-refractivity contribution >= 4 is 23.2 Å². The van der Waals surface area contributed by atoms with Crippen LogP contribution >= 0.6 is 23.2 Å². The van der Waals surface area contributed by atoms with Crippen LogP contribution in [0.2, 0.25) is 10.0 Å². The van der Waals surface area contributed by atoms with E-state index in [9.17, 15) is 5.11 Å². The van der Waals surface area contributed by atoms with Gasteiger partial charge in [0.2, 0.25) is 0 Å². The number of aromatic nitrogens is 2. The van der Waals surface area contributed by atoms with Crippen molar-refractivity contribution < 1.29 is 5.11 Å². The number of aryl methyl sites for hydroxylation is 1. The summed E-state index contributed by atoms with van der Waals surface area (Å²) >= 11 is 11.9. The van der Waals surface area contributed by atoms with Gasteiger partial charge in [0.15, 0.2) is 0 Å². The van der Waals surface area contributed by atoms with E-state index in [1.807, 2.05) is 29.8 Å². The van der Waals surface area contributed by atoms with Gasteiger partial charge in [-0.3, -0.25) is 4.90 Å². The van der Waals surface area contributed by atoms with E-state index in [-0.39, 0.29) is 0 Å². The molecular weight excluding hydrogens is 297 g/mol. The highest BCUT2D eigenvalue weighted by Gasteiger charge is 2.15. The summed E-state index contributed by atoms with van der Waals surface area (Å²) in [6, 6.07) is 5.12. The molecule has 20 heavy (non-hydrogen) atoms. The monoisotopic (exact) mass is 313 g/mol. The SMILES string of the molecule is CN(Cc1nccn1C)CC(O)c1ccc(Cl)cc1Cl. The van der Waals surface area contributed by atoms with Crippen molar-refractivity contribution in [1.29, 1.82) is 0 Å². The number of aliphatic hydroxyl groups excluding tert-OH is 1. The lowest BCUT2D eigenvalue weighted by molar-refractivity contribution is 0.122. The Hall–Kier alpha value is -1.07. The van der Waals surface area contributed by atoms with Gasteiger partial charge in [0.1, 0.15) is 5.82 Å². The third kappa shape index (κ3) is 3.73. The lowest BCUT2D eigenvalue weighted by Gasteiger charge is -2.21. The van der Waals surface area contributed by atoms with E-state index in [0.717, 1.165) is 5.82 Å². The maximum absolute atomic E-state index is 10.3. The molecule has 4 nitrogen and oxygen atoms in total. The highest BCUT2D eigenvalue weighted by molar-refractivity contribution is 6.35. The molecule has 1 unspecified atom stereocenters. The van der Waals surface area contributed by atoms with Gasteiger partial charge in [-0.1, -0.05) is 29.3 Å². The molecule has 2 rings (SSSR count). The first-order chi connectivity index (χ1) is 9.47. The van der Waals surface area contributed by atoms with Crippen LogP contribution in [0.25, 0.3) is 0 Å². The lowest BCUT2D eigenvalue weighted by atomic mass is 10.1. The van der Waals surface area contributed by atoms with E-state index >= 15 is 0 Å². The van der Waals surface area contributed by atoms with Gasteiger partial charge in [-0.05, 0) is 19.2 Å². The Labute approximate surface area is 128 Å². The number of hydrogen-bond acceptors (Lipinski definition) is 3. The van der Waals surface area contributed by atoms with Gasteiger partial charge in [-0.15, -0.1) is 0 Å². The number of hydrogen-bond donors (Lipinski definition) is 1. The Morgan fingerprint density at radius 3 is 2.75 bits per heavy atom. The molecule has 0 saturated heterocycles. The molecule has 0 aliphatic heterocycles. The van der Waals surface area contributed by atoms with Gasteiger partial charge in [-0.2, -0.15) is 0 Å². The quantitative estimate of drug-likeness (QED) is 0.922. The third-order valence-electron chi connectivity index (χ3n) is 3.14. The minimum absolute atomic E-state index is 0.466. The second-order valence-electron chi connectivity index (χ2n) is 4.83. The lowest BCUT2D eigenvalue weighted by Crippen LogP contribution is -2.25. The summed E-state index contributed by atoms with van der Waals surface area (Å²) in [5.74, 6) is 0.946. The molecule has 1 aromatic carbocycles. The topological polar surface area (TPSA) is 41.3 Å². The molecule has 0 spiro atoms. The maximum atomic E-state index is 10.3. The number of benzene rings is 1. The molecule has 1 heterocycles.